The number of thiocarbonyl (C=S) groups is 1. The van der Waals surface area contributed by atoms with Crippen LogP contribution >= 0.6 is 46.6 Å². The number of nitrogens with zero attached hydrogens (tertiary/aromatic N) is 1. The predicted molar refractivity (Wildman–Crippen MR) is 112 cm³/mol. The van der Waals surface area contributed by atoms with Gasteiger partial charge in [0.2, 0.25) is 0 Å². The molecule has 1 saturated heterocycles. The minimum absolute atomic E-state index is 0.0144. The minimum Gasteiger partial charge on any atom is -0.460 e. The fourth-order valence-electron chi connectivity index (χ4n) is 3.12. The van der Waals surface area contributed by atoms with Crippen molar-refractivity contribution in [3.05, 3.63) is 42.5 Å². The number of benzene rings is 1. The second-order valence-electron chi connectivity index (χ2n) is 5.82. The molecule has 2 aliphatic rings. The van der Waals surface area contributed by atoms with Crippen LogP contribution in [0.25, 0.3) is 0 Å². The number of nitrogens with one attached hydrogen (secondary N) is 1. The molecule has 0 spiro atoms. The van der Waals surface area contributed by atoms with E-state index in [2.05, 4.69) is 34.1 Å². The third-order valence-electron chi connectivity index (χ3n) is 4.42. The van der Waals surface area contributed by atoms with Gasteiger partial charge in [-0.1, -0.05) is 76.9 Å². The highest BCUT2D eigenvalue weighted by Gasteiger charge is 2.55. The number of thioether (sulfide) groups is 1. The first-order valence-electron chi connectivity index (χ1n) is 7.78. The molecule has 0 radical (unpaired) electrons. The number of halogens is 1. The Morgan fingerprint density at radius 2 is 2.25 bits per heavy atom. The summed E-state index contributed by atoms with van der Waals surface area (Å²) in [5, 5.41) is 1.91. The summed E-state index contributed by atoms with van der Waals surface area (Å²) in [5.74, 6) is -0.0962. The maximum absolute atomic E-state index is 12.4. The van der Waals surface area contributed by atoms with Gasteiger partial charge in [0.1, 0.15) is 11.5 Å². The highest BCUT2D eigenvalue weighted by Crippen LogP contribution is 2.47. The van der Waals surface area contributed by atoms with Crippen LogP contribution in [0.15, 0.2) is 42.5 Å². The first kappa shape index (κ1) is 18.2. The van der Waals surface area contributed by atoms with E-state index in [4.69, 9.17) is 17.0 Å². The summed E-state index contributed by atoms with van der Waals surface area (Å²) >= 11 is 9.33. The van der Waals surface area contributed by atoms with Crippen LogP contribution in [0.1, 0.15) is 12.8 Å². The lowest BCUT2D eigenvalue weighted by molar-refractivity contribution is -0.146. The molecule has 1 heterocycles. The highest BCUT2D eigenvalue weighted by molar-refractivity contribution is 14.1. The van der Waals surface area contributed by atoms with E-state index in [1.54, 1.807) is 0 Å². The van der Waals surface area contributed by atoms with E-state index in [0.717, 1.165) is 16.4 Å². The van der Waals surface area contributed by atoms with Crippen molar-refractivity contribution in [2.45, 2.75) is 22.9 Å². The Balaban J connectivity index is 1.69. The molecule has 2 bridgehead atoms. The van der Waals surface area contributed by atoms with Crippen LogP contribution < -0.4 is 10.4 Å². The van der Waals surface area contributed by atoms with E-state index >= 15 is 0 Å². The number of anilines is 1. The molecule has 3 rings (SSSR count). The second-order valence-corrected chi connectivity index (χ2v) is 8.61. The molecule has 0 amide bonds. The van der Waals surface area contributed by atoms with Crippen molar-refractivity contribution < 1.29 is 9.53 Å². The predicted octanol–water partition coefficient (Wildman–Crippen LogP) is 3.71. The molecule has 1 N–H and O–H groups in total. The fraction of sp³-hybridized carbons (Fsp3) is 0.412. The lowest BCUT2D eigenvalue weighted by atomic mass is 9.77. The zero-order valence-corrected chi connectivity index (χ0v) is 17.1. The number of hydrogen-bond donors (Lipinski definition) is 1. The molecule has 1 aromatic carbocycles. The van der Waals surface area contributed by atoms with Crippen LogP contribution in [0.3, 0.4) is 0 Å². The lowest BCUT2D eigenvalue weighted by Crippen LogP contribution is -2.45. The fourth-order valence-corrected chi connectivity index (χ4v) is 4.85. The van der Waals surface area contributed by atoms with Gasteiger partial charge in [-0.2, -0.15) is 0 Å². The Morgan fingerprint density at radius 1 is 1.50 bits per heavy atom. The third kappa shape index (κ3) is 3.36. The first-order chi connectivity index (χ1) is 11.6. The number of para-hydroxylation sites is 1. The first-order valence-corrected chi connectivity index (χ1v) is 10.7. The van der Waals surface area contributed by atoms with Crippen LogP contribution in [-0.2, 0) is 9.53 Å². The van der Waals surface area contributed by atoms with Crippen molar-refractivity contribution in [2.75, 3.05) is 17.8 Å². The number of carbonyl (C=O) groups excluding carboxylic acids is 1. The van der Waals surface area contributed by atoms with Crippen LogP contribution in [-0.4, -0.2) is 33.1 Å². The topological polar surface area (TPSA) is 41.6 Å². The van der Waals surface area contributed by atoms with Crippen LogP contribution in [0, 0.1) is 5.41 Å². The third-order valence-corrected chi connectivity index (χ3v) is 7.55. The zero-order chi connectivity index (χ0) is 17.2. The molecule has 4 nitrogen and oxygen atoms in total. The number of rotatable bonds is 5. The summed E-state index contributed by atoms with van der Waals surface area (Å²) in [4.78, 5) is 12.4. The molecule has 1 aromatic rings. The molecular weight excluding hydrogens is 455 g/mol. The van der Waals surface area contributed by atoms with Gasteiger partial charge in [-0.05, 0) is 24.8 Å². The number of hydrogen-bond acceptors (Lipinski definition) is 5. The highest BCUT2D eigenvalue weighted by atomic mass is 127. The molecule has 24 heavy (non-hydrogen) atoms. The number of carbonyl (C=O) groups is 1. The largest absolute Gasteiger partial charge is 0.460 e. The number of hydrazine groups is 1. The number of ether oxygens (including phenoxy) is 1. The molecule has 0 aromatic heterocycles. The van der Waals surface area contributed by atoms with Crippen molar-refractivity contribution in [1.29, 1.82) is 0 Å². The van der Waals surface area contributed by atoms with Crippen LogP contribution in [0.4, 0.5) is 5.69 Å². The Bertz CT molecular complexity index is 655. The van der Waals surface area contributed by atoms with Gasteiger partial charge in [-0.15, -0.1) is 0 Å². The van der Waals surface area contributed by atoms with E-state index < -0.39 is 5.41 Å². The van der Waals surface area contributed by atoms with E-state index in [9.17, 15) is 4.79 Å². The average molecular weight is 474 g/mol. The second kappa shape index (κ2) is 7.72. The van der Waals surface area contributed by atoms with Crippen molar-refractivity contribution in [1.82, 2.24) is 5.43 Å². The molecule has 1 aliphatic carbocycles. The maximum atomic E-state index is 12.4. The van der Waals surface area contributed by atoms with Gasteiger partial charge in [-0.25, -0.2) is 5.43 Å². The van der Waals surface area contributed by atoms with Gasteiger partial charge in [0.15, 0.2) is 4.32 Å². The lowest BCUT2D eigenvalue weighted by Gasteiger charge is -2.31. The Morgan fingerprint density at radius 3 is 2.96 bits per heavy atom. The van der Waals surface area contributed by atoms with E-state index in [1.165, 1.54) is 11.8 Å². The minimum atomic E-state index is -0.514. The van der Waals surface area contributed by atoms with Crippen molar-refractivity contribution >= 4 is 62.5 Å². The average Bonchev–Trinajstić information content (AvgIpc) is 2.74. The van der Waals surface area contributed by atoms with Crippen molar-refractivity contribution in [2.24, 2.45) is 5.41 Å². The van der Waals surface area contributed by atoms with Gasteiger partial charge in [0.05, 0.1) is 9.61 Å². The van der Waals surface area contributed by atoms with Gasteiger partial charge in [-0.3, -0.25) is 9.80 Å². The van der Waals surface area contributed by atoms with Crippen molar-refractivity contribution in [3.63, 3.8) is 0 Å². The number of alkyl halides is 1. The SMILES string of the molecule is CSC(=S)N(NCCC12C=CCC(OC1=O)C2I)c1ccccc1. The Labute approximate surface area is 165 Å². The normalized spacial score (nSPS) is 27.8. The number of esters is 1. The van der Waals surface area contributed by atoms with Gasteiger partial charge in [0, 0.05) is 13.0 Å². The molecule has 128 valence electrons. The Kier molecular flexibility index (Phi) is 5.84. The molecular formula is C17H19IN2O2S2. The summed E-state index contributed by atoms with van der Waals surface area (Å²) in [7, 11) is 0. The Hall–Kier alpha value is -0.640. The zero-order valence-electron chi connectivity index (χ0n) is 13.3. The molecule has 3 atom stereocenters. The summed E-state index contributed by atoms with van der Waals surface area (Å²) in [6.07, 6.45) is 7.60. The van der Waals surface area contributed by atoms with Gasteiger partial charge < -0.3 is 4.74 Å². The summed E-state index contributed by atoms with van der Waals surface area (Å²) in [6.45, 7) is 0.640. The van der Waals surface area contributed by atoms with E-state index in [-0.39, 0.29) is 16.0 Å². The van der Waals surface area contributed by atoms with Crippen molar-refractivity contribution in [3.8, 4) is 0 Å². The quantitative estimate of drug-likeness (QED) is 0.175. The van der Waals surface area contributed by atoms with E-state index in [0.29, 0.717) is 13.0 Å². The van der Waals surface area contributed by atoms with Gasteiger partial charge in [0.25, 0.3) is 0 Å². The molecule has 0 saturated carbocycles. The monoisotopic (exact) mass is 474 g/mol. The smallest absolute Gasteiger partial charge is 0.317 e. The molecule has 1 fully saturated rings. The summed E-state index contributed by atoms with van der Waals surface area (Å²) < 4.78 is 6.46. The standard InChI is InChI=1S/C17H19IN2O2S2/c1-24-16(23)20(12-6-3-2-4-7-12)19-11-10-17-9-5-8-13(14(17)18)22-15(17)21/h2-7,9,13-14,19H,8,10-11H2,1H3. The maximum Gasteiger partial charge on any atom is 0.317 e. The molecule has 1 aliphatic heterocycles. The van der Waals surface area contributed by atoms with Gasteiger partial charge >= 0.3 is 5.97 Å². The summed E-state index contributed by atoms with van der Waals surface area (Å²) in [5.41, 5.74) is 3.86. The number of fused-ring (bicyclic) bond motifs is 2. The molecule has 3 unspecified atom stereocenters. The molecule has 7 heteroatoms. The van der Waals surface area contributed by atoms with Crippen LogP contribution in [0.2, 0.25) is 0 Å². The summed E-state index contributed by atoms with van der Waals surface area (Å²) in [6, 6.07) is 9.96. The van der Waals surface area contributed by atoms with E-state index in [1.807, 2.05) is 47.7 Å². The van der Waals surface area contributed by atoms with Crippen LogP contribution in [0.5, 0.6) is 0 Å².